The quantitative estimate of drug-likeness (QED) is 0.779. The Kier molecular flexibility index (Phi) is 5.69. The number of aromatic nitrogens is 2. The minimum absolute atomic E-state index is 0.000374. The van der Waals surface area contributed by atoms with Gasteiger partial charge in [-0.05, 0) is 32.4 Å². The molecule has 3 rings (SSSR count). The molecule has 0 spiro atoms. The maximum Gasteiger partial charge on any atom is 0.418 e. The Bertz CT molecular complexity index is 916. The third-order valence-electron chi connectivity index (χ3n) is 4.17. The Hall–Kier alpha value is -3.20. The van der Waals surface area contributed by atoms with Crippen molar-refractivity contribution in [2.24, 2.45) is 0 Å². The molecule has 0 saturated heterocycles. The van der Waals surface area contributed by atoms with Crippen LogP contribution in [0.1, 0.15) is 42.5 Å². The van der Waals surface area contributed by atoms with Crippen LogP contribution in [0.25, 0.3) is 0 Å². The summed E-state index contributed by atoms with van der Waals surface area (Å²) in [5.41, 5.74) is 0.265. The van der Waals surface area contributed by atoms with Gasteiger partial charge in [0.15, 0.2) is 6.04 Å². The van der Waals surface area contributed by atoms with E-state index in [0.717, 1.165) is 10.5 Å². The van der Waals surface area contributed by atoms with Crippen molar-refractivity contribution in [3.05, 3.63) is 53.3 Å². The lowest BCUT2D eigenvalue weighted by Gasteiger charge is -2.33. The van der Waals surface area contributed by atoms with Crippen molar-refractivity contribution >= 4 is 18.0 Å². The second kappa shape index (κ2) is 8.04. The molecule has 1 aliphatic rings. The molecule has 1 atom stereocenters. The number of carbonyl (C=O) groups excluding carboxylic acids is 3. The molecular formula is C20H23N3O6. The fourth-order valence-electron chi connectivity index (χ4n) is 2.90. The minimum Gasteiger partial charge on any atom is -0.459 e. The van der Waals surface area contributed by atoms with Crippen LogP contribution in [0.2, 0.25) is 0 Å². The second-order valence-corrected chi connectivity index (χ2v) is 7.63. The van der Waals surface area contributed by atoms with Gasteiger partial charge in [-0.15, -0.1) is 0 Å². The van der Waals surface area contributed by atoms with E-state index < -0.39 is 29.6 Å². The third-order valence-corrected chi connectivity index (χ3v) is 4.17. The zero-order chi connectivity index (χ0) is 21.2. The summed E-state index contributed by atoms with van der Waals surface area (Å²) in [6, 6.07) is 9.20. The lowest BCUT2D eigenvalue weighted by atomic mass is 10.1. The van der Waals surface area contributed by atoms with E-state index >= 15 is 0 Å². The summed E-state index contributed by atoms with van der Waals surface area (Å²) in [4.78, 5) is 39.2. The number of fused-ring (bicyclic) bond motifs is 1. The van der Waals surface area contributed by atoms with Crippen molar-refractivity contribution in [1.29, 1.82) is 0 Å². The zero-order valence-corrected chi connectivity index (χ0v) is 16.5. The number of ether oxygens (including phenoxy) is 2. The number of benzene rings is 1. The van der Waals surface area contributed by atoms with Gasteiger partial charge < -0.3 is 14.6 Å². The summed E-state index contributed by atoms with van der Waals surface area (Å²) in [6.45, 7) is 4.53. The number of esters is 1. The van der Waals surface area contributed by atoms with Crippen molar-refractivity contribution in [1.82, 2.24) is 14.7 Å². The lowest BCUT2D eigenvalue weighted by Crippen LogP contribution is -2.56. The van der Waals surface area contributed by atoms with Crippen LogP contribution in [-0.4, -0.2) is 49.4 Å². The van der Waals surface area contributed by atoms with Crippen LogP contribution in [0.4, 0.5) is 4.79 Å². The molecule has 0 radical (unpaired) electrons. The fraction of sp³-hybridized carbons (Fsp3) is 0.400. The van der Waals surface area contributed by atoms with Gasteiger partial charge in [0.05, 0.1) is 18.8 Å². The van der Waals surface area contributed by atoms with E-state index in [0.29, 0.717) is 0 Å². The topological polar surface area (TPSA) is 111 Å². The standard InChI is InChI=1S/C20H23N3O6/c1-20(2,3)29-19(27)23-16(18(26)28-12-13-7-5-4-6-8-13)10-22-15(17(23)25)9-14(11-24)21-22/h4-9,16,24H,10-12H2,1-3H3. The number of carbonyl (C=O) groups is 3. The number of rotatable bonds is 4. The third kappa shape index (κ3) is 4.62. The number of hydrogen-bond donors (Lipinski definition) is 1. The Balaban J connectivity index is 1.87. The Labute approximate surface area is 167 Å². The number of amides is 2. The SMILES string of the molecule is CC(C)(C)OC(=O)N1C(=O)c2cc(CO)nn2CC1C(=O)OCc1ccccc1. The molecule has 2 amide bonds. The summed E-state index contributed by atoms with van der Waals surface area (Å²) in [6.07, 6.45) is -0.942. The highest BCUT2D eigenvalue weighted by Crippen LogP contribution is 2.23. The molecule has 154 valence electrons. The van der Waals surface area contributed by atoms with E-state index in [9.17, 15) is 19.5 Å². The Morgan fingerprint density at radius 1 is 1.24 bits per heavy atom. The smallest absolute Gasteiger partial charge is 0.418 e. The summed E-state index contributed by atoms with van der Waals surface area (Å²) in [5, 5.41) is 13.4. The molecule has 0 fully saturated rings. The van der Waals surface area contributed by atoms with E-state index in [1.54, 1.807) is 32.9 Å². The summed E-state index contributed by atoms with van der Waals surface area (Å²) < 4.78 is 12.0. The van der Waals surface area contributed by atoms with E-state index in [4.69, 9.17) is 9.47 Å². The molecule has 1 aromatic heterocycles. The van der Waals surface area contributed by atoms with Crippen LogP contribution in [0.15, 0.2) is 36.4 Å². The van der Waals surface area contributed by atoms with Gasteiger partial charge in [0.1, 0.15) is 17.9 Å². The molecule has 9 heteroatoms. The van der Waals surface area contributed by atoms with Crippen LogP contribution < -0.4 is 0 Å². The number of aliphatic hydroxyl groups is 1. The molecule has 1 aliphatic heterocycles. The molecule has 2 aromatic rings. The molecule has 1 aromatic carbocycles. The highest BCUT2D eigenvalue weighted by molar-refractivity contribution is 6.05. The Morgan fingerprint density at radius 3 is 2.55 bits per heavy atom. The summed E-state index contributed by atoms with van der Waals surface area (Å²) in [7, 11) is 0. The number of hydrogen-bond acceptors (Lipinski definition) is 7. The maximum atomic E-state index is 12.9. The van der Waals surface area contributed by atoms with Gasteiger partial charge in [-0.3, -0.25) is 9.48 Å². The largest absolute Gasteiger partial charge is 0.459 e. The summed E-state index contributed by atoms with van der Waals surface area (Å²) >= 11 is 0. The van der Waals surface area contributed by atoms with Crippen LogP contribution in [0.5, 0.6) is 0 Å². The fourth-order valence-corrected chi connectivity index (χ4v) is 2.90. The first-order valence-electron chi connectivity index (χ1n) is 9.14. The number of imide groups is 1. The molecule has 9 nitrogen and oxygen atoms in total. The normalized spacial score (nSPS) is 16.3. The van der Waals surface area contributed by atoms with Gasteiger partial charge in [-0.2, -0.15) is 5.10 Å². The minimum atomic E-state index is -1.24. The first-order valence-corrected chi connectivity index (χ1v) is 9.14. The van der Waals surface area contributed by atoms with E-state index in [2.05, 4.69) is 5.10 Å². The van der Waals surface area contributed by atoms with Gasteiger partial charge >= 0.3 is 12.1 Å². The lowest BCUT2D eigenvalue weighted by molar-refractivity contribution is -0.151. The van der Waals surface area contributed by atoms with Gasteiger partial charge in [-0.1, -0.05) is 30.3 Å². The maximum absolute atomic E-state index is 12.9. The number of aliphatic hydroxyl groups excluding tert-OH is 1. The first-order chi connectivity index (χ1) is 13.7. The predicted molar refractivity (Wildman–Crippen MR) is 101 cm³/mol. The molecule has 29 heavy (non-hydrogen) atoms. The molecule has 0 saturated carbocycles. The average molecular weight is 401 g/mol. The van der Waals surface area contributed by atoms with E-state index in [1.807, 2.05) is 18.2 Å². The molecular weight excluding hydrogens is 378 g/mol. The van der Waals surface area contributed by atoms with Crippen LogP contribution in [-0.2, 0) is 34.0 Å². The molecule has 0 bridgehead atoms. The van der Waals surface area contributed by atoms with Crippen molar-refractivity contribution in [2.45, 2.75) is 52.2 Å². The number of nitrogens with zero attached hydrogens (tertiary/aromatic N) is 3. The highest BCUT2D eigenvalue weighted by atomic mass is 16.6. The van der Waals surface area contributed by atoms with Crippen molar-refractivity contribution in [2.75, 3.05) is 0 Å². The van der Waals surface area contributed by atoms with Crippen LogP contribution in [0, 0.1) is 0 Å². The van der Waals surface area contributed by atoms with E-state index in [-0.39, 0.29) is 31.1 Å². The predicted octanol–water partition coefficient (Wildman–Crippen LogP) is 1.88. The molecule has 2 heterocycles. The van der Waals surface area contributed by atoms with Crippen molar-refractivity contribution in [3.63, 3.8) is 0 Å². The van der Waals surface area contributed by atoms with Crippen molar-refractivity contribution < 1.29 is 29.0 Å². The van der Waals surface area contributed by atoms with E-state index in [1.165, 1.54) is 10.7 Å². The highest BCUT2D eigenvalue weighted by Gasteiger charge is 2.44. The van der Waals surface area contributed by atoms with Crippen molar-refractivity contribution in [3.8, 4) is 0 Å². The van der Waals surface area contributed by atoms with Crippen LogP contribution in [0.3, 0.4) is 0 Å². The second-order valence-electron chi connectivity index (χ2n) is 7.63. The van der Waals surface area contributed by atoms with Gasteiger partial charge in [0, 0.05) is 0 Å². The Morgan fingerprint density at radius 2 is 1.93 bits per heavy atom. The van der Waals surface area contributed by atoms with Gasteiger partial charge in [0.2, 0.25) is 0 Å². The average Bonchev–Trinajstić information content (AvgIpc) is 3.09. The van der Waals surface area contributed by atoms with Gasteiger partial charge in [-0.25, -0.2) is 14.5 Å². The van der Waals surface area contributed by atoms with Crippen LogP contribution >= 0.6 is 0 Å². The molecule has 1 unspecified atom stereocenters. The van der Waals surface area contributed by atoms with Gasteiger partial charge in [0.25, 0.3) is 5.91 Å². The first kappa shape index (κ1) is 20.5. The summed E-state index contributed by atoms with van der Waals surface area (Å²) in [5.74, 6) is -1.49. The monoisotopic (exact) mass is 401 g/mol. The zero-order valence-electron chi connectivity index (χ0n) is 16.5. The molecule has 0 aliphatic carbocycles. The molecule has 1 N–H and O–H groups in total.